The molecule has 0 aliphatic carbocycles. The molecule has 182 valence electrons. The molecule has 0 radical (unpaired) electrons. The Kier molecular flexibility index (Phi) is 6.92. The van der Waals surface area contributed by atoms with Crippen LogP contribution in [0.4, 0.5) is 4.79 Å². The van der Waals surface area contributed by atoms with Gasteiger partial charge in [0.2, 0.25) is 5.91 Å². The molecule has 0 aromatic heterocycles. The molecule has 3 aliphatic heterocycles. The minimum atomic E-state index is -0.200. The topological polar surface area (TPSA) is 59.1 Å². The van der Waals surface area contributed by atoms with Crippen LogP contribution in [0.15, 0.2) is 18.2 Å². The Morgan fingerprint density at radius 3 is 2.39 bits per heavy atom. The normalized spacial score (nSPS) is 21.2. The molecule has 0 atom stereocenters. The molecule has 2 amide bonds. The van der Waals surface area contributed by atoms with Crippen molar-refractivity contribution in [2.45, 2.75) is 84.2 Å². The van der Waals surface area contributed by atoms with Crippen LogP contribution in [0.3, 0.4) is 0 Å². The van der Waals surface area contributed by atoms with Gasteiger partial charge in [-0.3, -0.25) is 4.79 Å². The first kappa shape index (κ1) is 23.9. The van der Waals surface area contributed by atoms with Gasteiger partial charge < -0.3 is 19.3 Å². The Morgan fingerprint density at radius 1 is 1.06 bits per heavy atom. The van der Waals surface area contributed by atoms with Gasteiger partial charge in [-0.25, -0.2) is 4.79 Å². The van der Waals surface area contributed by atoms with Gasteiger partial charge >= 0.3 is 6.09 Å². The van der Waals surface area contributed by atoms with E-state index in [0.717, 1.165) is 63.8 Å². The first-order valence-corrected chi connectivity index (χ1v) is 12.6. The largest absolute Gasteiger partial charge is 0.487 e. The third kappa shape index (κ3) is 5.82. The zero-order valence-electron chi connectivity index (χ0n) is 20.8. The molecular formula is C27H40N2O4. The van der Waals surface area contributed by atoms with Crippen molar-refractivity contribution in [2.75, 3.05) is 32.8 Å². The molecule has 3 aliphatic rings. The van der Waals surface area contributed by atoms with Gasteiger partial charge in [-0.2, -0.15) is 0 Å². The number of nitrogens with zero attached hydrogens (tertiary/aromatic N) is 2. The lowest BCUT2D eigenvalue weighted by Gasteiger charge is -2.41. The van der Waals surface area contributed by atoms with Crippen molar-refractivity contribution in [3.8, 4) is 5.75 Å². The van der Waals surface area contributed by atoms with Crippen molar-refractivity contribution < 1.29 is 19.1 Å². The second-order valence-electron chi connectivity index (χ2n) is 11.4. The Labute approximate surface area is 198 Å². The second-order valence-corrected chi connectivity index (χ2v) is 11.4. The predicted octanol–water partition coefficient (Wildman–Crippen LogP) is 5.14. The Hall–Kier alpha value is -2.24. The van der Waals surface area contributed by atoms with E-state index in [-0.39, 0.29) is 23.0 Å². The van der Waals surface area contributed by atoms with E-state index in [9.17, 15) is 9.59 Å². The maximum atomic E-state index is 12.5. The molecule has 4 rings (SSSR count). The van der Waals surface area contributed by atoms with Gasteiger partial charge in [-0.15, -0.1) is 0 Å². The number of likely N-dealkylation sites (tertiary alicyclic amines) is 2. The zero-order chi connectivity index (χ0) is 23.6. The average molecular weight is 457 g/mol. The molecule has 3 heterocycles. The number of hydrogen-bond donors (Lipinski definition) is 0. The van der Waals surface area contributed by atoms with Crippen LogP contribution in [0, 0.1) is 5.41 Å². The number of carbonyl (C=O) groups excluding carboxylic acids is 2. The fraction of sp³-hybridized carbons (Fsp3) is 0.704. The summed E-state index contributed by atoms with van der Waals surface area (Å²) in [5.74, 6) is 1.72. The van der Waals surface area contributed by atoms with Crippen LogP contribution in [0.1, 0.15) is 83.3 Å². The molecule has 2 fully saturated rings. The molecule has 1 aromatic rings. The van der Waals surface area contributed by atoms with E-state index in [2.05, 4.69) is 39.0 Å². The lowest BCUT2D eigenvalue weighted by Crippen LogP contribution is -2.50. The van der Waals surface area contributed by atoms with Crippen LogP contribution in [0.2, 0.25) is 0 Å². The van der Waals surface area contributed by atoms with Gasteiger partial charge in [-0.1, -0.05) is 32.9 Å². The number of benzene rings is 1. The summed E-state index contributed by atoms with van der Waals surface area (Å²) in [6.45, 7) is 11.4. The number of piperidine rings is 2. The van der Waals surface area contributed by atoms with E-state index in [4.69, 9.17) is 9.47 Å². The summed E-state index contributed by atoms with van der Waals surface area (Å²) in [6, 6.07) is 6.74. The smallest absolute Gasteiger partial charge is 0.409 e. The molecule has 0 unspecified atom stereocenters. The summed E-state index contributed by atoms with van der Waals surface area (Å²) < 4.78 is 12.2. The summed E-state index contributed by atoms with van der Waals surface area (Å²) >= 11 is 0. The molecule has 0 N–H and O–H groups in total. The van der Waals surface area contributed by atoms with E-state index >= 15 is 0 Å². The molecule has 2 saturated heterocycles. The number of carbonyl (C=O) groups is 2. The van der Waals surface area contributed by atoms with Crippen molar-refractivity contribution in [1.29, 1.82) is 0 Å². The number of ether oxygens (including phenoxy) is 2. The standard InChI is InChI=1S/C27H40N2O4/c1-20(30)28-14-9-21(10-15-28)22-7-8-24-23(18-22)6-5-11-27(33-24)12-16-29(17-13-27)25(31)32-19-26(2,3)4/h7-8,18,21H,5-6,9-17,19H2,1-4H3. The summed E-state index contributed by atoms with van der Waals surface area (Å²) in [5, 5.41) is 0. The summed E-state index contributed by atoms with van der Waals surface area (Å²) in [7, 11) is 0. The zero-order valence-corrected chi connectivity index (χ0v) is 20.8. The predicted molar refractivity (Wildman–Crippen MR) is 129 cm³/mol. The van der Waals surface area contributed by atoms with Gasteiger partial charge in [0.15, 0.2) is 0 Å². The first-order chi connectivity index (χ1) is 15.6. The molecular weight excluding hydrogens is 416 g/mol. The molecule has 1 aromatic carbocycles. The lowest BCUT2D eigenvalue weighted by atomic mass is 9.86. The maximum Gasteiger partial charge on any atom is 0.409 e. The molecule has 6 heteroatoms. The summed E-state index contributed by atoms with van der Waals surface area (Å²) in [5.41, 5.74) is 2.49. The minimum absolute atomic E-state index is 0.0237. The van der Waals surface area contributed by atoms with Gasteiger partial charge in [-0.05, 0) is 60.6 Å². The summed E-state index contributed by atoms with van der Waals surface area (Å²) in [4.78, 5) is 27.9. The number of rotatable bonds is 2. The fourth-order valence-corrected chi connectivity index (χ4v) is 5.38. The van der Waals surface area contributed by atoms with Gasteiger partial charge in [0, 0.05) is 45.9 Å². The second kappa shape index (κ2) is 9.55. The van der Waals surface area contributed by atoms with Gasteiger partial charge in [0.05, 0.1) is 6.61 Å². The van der Waals surface area contributed by atoms with Crippen molar-refractivity contribution in [3.63, 3.8) is 0 Å². The lowest BCUT2D eigenvalue weighted by molar-refractivity contribution is -0.129. The van der Waals surface area contributed by atoms with Crippen LogP contribution in [0.5, 0.6) is 5.75 Å². The third-order valence-electron chi connectivity index (χ3n) is 7.46. The minimum Gasteiger partial charge on any atom is -0.487 e. The van der Waals surface area contributed by atoms with E-state index in [0.29, 0.717) is 25.6 Å². The van der Waals surface area contributed by atoms with Crippen molar-refractivity contribution >= 4 is 12.0 Å². The Morgan fingerprint density at radius 2 is 1.76 bits per heavy atom. The monoisotopic (exact) mass is 456 g/mol. The SMILES string of the molecule is CC(=O)N1CCC(c2ccc3c(c2)CCCC2(CCN(C(=O)OCC(C)(C)C)CC2)O3)CC1. The molecule has 0 saturated carbocycles. The van der Waals surface area contributed by atoms with Crippen LogP contribution < -0.4 is 4.74 Å². The first-order valence-electron chi connectivity index (χ1n) is 12.6. The molecule has 0 bridgehead atoms. The highest BCUT2D eigenvalue weighted by molar-refractivity contribution is 5.73. The van der Waals surface area contributed by atoms with Crippen LogP contribution >= 0.6 is 0 Å². The van der Waals surface area contributed by atoms with Crippen LogP contribution in [0.25, 0.3) is 0 Å². The summed E-state index contributed by atoms with van der Waals surface area (Å²) in [6.07, 6.45) is 6.73. The van der Waals surface area contributed by atoms with Crippen molar-refractivity contribution in [3.05, 3.63) is 29.3 Å². The number of amides is 2. The molecule has 33 heavy (non-hydrogen) atoms. The maximum absolute atomic E-state index is 12.5. The van der Waals surface area contributed by atoms with E-state index in [1.54, 1.807) is 6.92 Å². The van der Waals surface area contributed by atoms with Gasteiger partial charge in [0.25, 0.3) is 0 Å². The highest BCUT2D eigenvalue weighted by Gasteiger charge is 2.40. The van der Waals surface area contributed by atoms with E-state index in [1.165, 1.54) is 11.1 Å². The van der Waals surface area contributed by atoms with Gasteiger partial charge in [0.1, 0.15) is 11.4 Å². The molecule has 1 spiro atoms. The fourth-order valence-electron chi connectivity index (χ4n) is 5.38. The third-order valence-corrected chi connectivity index (χ3v) is 7.46. The van der Waals surface area contributed by atoms with E-state index in [1.807, 2.05) is 9.80 Å². The molecule has 6 nitrogen and oxygen atoms in total. The quantitative estimate of drug-likeness (QED) is 0.618. The average Bonchev–Trinajstić information content (AvgIpc) is 2.96. The highest BCUT2D eigenvalue weighted by atomic mass is 16.6. The number of fused-ring (bicyclic) bond motifs is 1. The Balaban J connectivity index is 1.36. The van der Waals surface area contributed by atoms with Crippen LogP contribution in [-0.2, 0) is 16.0 Å². The van der Waals surface area contributed by atoms with Crippen LogP contribution in [-0.4, -0.2) is 60.2 Å². The number of aryl methyl sites for hydroxylation is 1. The highest BCUT2D eigenvalue weighted by Crippen LogP contribution is 2.40. The van der Waals surface area contributed by atoms with E-state index < -0.39 is 0 Å². The van der Waals surface area contributed by atoms with Crippen molar-refractivity contribution in [2.24, 2.45) is 5.41 Å². The Bertz CT molecular complexity index is 859. The van der Waals surface area contributed by atoms with Crippen molar-refractivity contribution in [1.82, 2.24) is 9.80 Å². The number of hydrogen-bond acceptors (Lipinski definition) is 4.